The molecule has 0 saturated carbocycles. The molecule has 2 N–H and O–H groups in total. The molecular weight excluding hydrogens is 305 g/mol. The summed E-state index contributed by atoms with van der Waals surface area (Å²) in [7, 11) is 0. The molecule has 0 aliphatic rings. The third-order valence-electron chi connectivity index (χ3n) is 3.45. The molecule has 0 spiro atoms. The fourth-order valence-corrected chi connectivity index (χ4v) is 2.69. The summed E-state index contributed by atoms with van der Waals surface area (Å²) in [5.41, 5.74) is 10.3. The van der Waals surface area contributed by atoms with Crippen LogP contribution in [0.15, 0.2) is 40.9 Å². The van der Waals surface area contributed by atoms with Crippen molar-refractivity contribution in [1.82, 2.24) is 0 Å². The summed E-state index contributed by atoms with van der Waals surface area (Å²) in [6, 6.07) is 11.1. The van der Waals surface area contributed by atoms with E-state index in [-0.39, 0.29) is 11.9 Å². The van der Waals surface area contributed by atoms with Gasteiger partial charge in [-0.2, -0.15) is 0 Å². The molecule has 1 nitrogen and oxygen atoms in total. The summed E-state index contributed by atoms with van der Waals surface area (Å²) in [4.78, 5) is 0. The van der Waals surface area contributed by atoms with E-state index in [1.807, 2.05) is 12.1 Å². The van der Waals surface area contributed by atoms with Crippen LogP contribution in [0, 0.1) is 19.7 Å². The summed E-state index contributed by atoms with van der Waals surface area (Å²) in [6.07, 6.45) is 0.645. The molecule has 1 unspecified atom stereocenters. The smallest absolute Gasteiger partial charge is 0.142 e. The van der Waals surface area contributed by atoms with E-state index in [0.717, 1.165) is 0 Å². The van der Waals surface area contributed by atoms with Crippen LogP contribution in [0.3, 0.4) is 0 Å². The molecule has 0 heterocycles. The van der Waals surface area contributed by atoms with Crippen molar-refractivity contribution in [3.63, 3.8) is 0 Å². The van der Waals surface area contributed by atoms with Crippen molar-refractivity contribution in [1.29, 1.82) is 0 Å². The zero-order chi connectivity index (χ0) is 14.0. The second-order valence-electron chi connectivity index (χ2n) is 4.82. The molecule has 0 amide bonds. The van der Waals surface area contributed by atoms with Crippen LogP contribution < -0.4 is 5.73 Å². The first-order valence-corrected chi connectivity index (χ1v) is 7.04. The van der Waals surface area contributed by atoms with Gasteiger partial charge in [0.15, 0.2) is 0 Å². The molecule has 2 rings (SSSR count). The summed E-state index contributed by atoms with van der Waals surface area (Å²) in [5, 5.41) is 0. The zero-order valence-electron chi connectivity index (χ0n) is 11.1. The maximum absolute atomic E-state index is 14.0. The number of rotatable bonds is 3. The van der Waals surface area contributed by atoms with E-state index in [9.17, 15) is 4.39 Å². The van der Waals surface area contributed by atoms with Crippen molar-refractivity contribution in [2.45, 2.75) is 26.3 Å². The number of benzene rings is 2. The van der Waals surface area contributed by atoms with Gasteiger partial charge in [0.25, 0.3) is 0 Å². The molecule has 1 atom stereocenters. The third kappa shape index (κ3) is 3.04. The molecule has 0 radical (unpaired) electrons. The largest absolute Gasteiger partial charge is 0.324 e. The van der Waals surface area contributed by atoms with E-state index in [0.29, 0.717) is 16.5 Å². The van der Waals surface area contributed by atoms with Crippen LogP contribution in [-0.2, 0) is 6.42 Å². The molecule has 0 bridgehead atoms. The number of halogens is 2. The first kappa shape index (κ1) is 14.2. The van der Waals surface area contributed by atoms with Crippen LogP contribution in [0.4, 0.5) is 4.39 Å². The van der Waals surface area contributed by atoms with Gasteiger partial charge in [-0.1, -0.05) is 30.3 Å². The Kier molecular flexibility index (Phi) is 4.38. The molecule has 3 heteroatoms. The van der Waals surface area contributed by atoms with Crippen LogP contribution in [0.2, 0.25) is 0 Å². The molecule has 0 aliphatic heterocycles. The topological polar surface area (TPSA) is 26.0 Å². The van der Waals surface area contributed by atoms with Gasteiger partial charge in [0, 0.05) is 11.6 Å². The van der Waals surface area contributed by atoms with Crippen LogP contribution >= 0.6 is 15.9 Å². The third-order valence-corrected chi connectivity index (χ3v) is 4.06. The first-order chi connectivity index (χ1) is 9.00. The van der Waals surface area contributed by atoms with Gasteiger partial charge in [-0.3, -0.25) is 0 Å². The normalized spacial score (nSPS) is 12.5. The fraction of sp³-hybridized carbons (Fsp3) is 0.250. The monoisotopic (exact) mass is 321 g/mol. The molecule has 2 aromatic rings. The van der Waals surface area contributed by atoms with Gasteiger partial charge >= 0.3 is 0 Å². The number of aryl methyl sites for hydroxylation is 2. The Labute approximate surface area is 121 Å². The highest BCUT2D eigenvalue weighted by Gasteiger charge is 2.15. The van der Waals surface area contributed by atoms with Crippen LogP contribution in [-0.4, -0.2) is 0 Å². The predicted octanol–water partition coefficient (Wildman–Crippen LogP) is 4.45. The quantitative estimate of drug-likeness (QED) is 0.888. The second kappa shape index (κ2) is 5.85. The number of hydrogen-bond donors (Lipinski definition) is 1. The van der Waals surface area contributed by atoms with E-state index in [2.05, 4.69) is 41.9 Å². The minimum Gasteiger partial charge on any atom is -0.324 e. The molecular formula is C16H17BrFN. The Balaban J connectivity index is 2.31. The van der Waals surface area contributed by atoms with E-state index >= 15 is 0 Å². The maximum atomic E-state index is 14.0. The van der Waals surface area contributed by atoms with Gasteiger partial charge in [0.1, 0.15) is 5.82 Å². The lowest BCUT2D eigenvalue weighted by molar-refractivity contribution is 0.574. The van der Waals surface area contributed by atoms with Crippen molar-refractivity contribution in [2.24, 2.45) is 5.73 Å². The average Bonchev–Trinajstić information content (AvgIpc) is 2.37. The summed E-state index contributed by atoms with van der Waals surface area (Å²) in [5.74, 6) is -0.263. The van der Waals surface area contributed by atoms with Crippen molar-refractivity contribution in [3.8, 4) is 0 Å². The predicted molar refractivity (Wildman–Crippen MR) is 80.6 cm³/mol. The molecule has 0 aromatic heterocycles. The summed E-state index contributed by atoms with van der Waals surface area (Å²) >= 11 is 3.20. The molecule has 0 saturated heterocycles. The number of nitrogens with two attached hydrogens (primary N) is 1. The molecule has 100 valence electrons. The van der Waals surface area contributed by atoms with Crippen molar-refractivity contribution in [2.75, 3.05) is 0 Å². The Morgan fingerprint density at radius 3 is 2.32 bits per heavy atom. The Morgan fingerprint density at radius 2 is 1.68 bits per heavy atom. The van der Waals surface area contributed by atoms with Crippen LogP contribution in [0.25, 0.3) is 0 Å². The Hall–Kier alpha value is -1.19. The van der Waals surface area contributed by atoms with E-state index in [1.165, 1.54) is 16.7 Å². The zero-order valence-corrected chi connectivity index (χ0v) is 12.7. The standard InChI is InChI=1S/C16H17BrFN/c1-10-5-3-6-11(2)13(10)9-15(19)12-7-4-8-14(17)16(12)18/h3-8,15H,9,19H2,1-2H3. The highest BCUT2D eigenvalue weighted by atomic mass is 79.9. The van der Waals surface area contributed by atoms with Gasteiger partial charge in [-0.05, 0) is 59.0 Å². The maximum Gasteiger partial charge on any atom is 0.142 e. The number of hydrogen-bond acceptors (Lipinski definition) is 1. The first-order valence-electron chi connectivity index (χ1n) is 6.25. The second-order valence-corrected chi connectivity index (χ2v) is 5.68. The lowest BCUT2D eigenvalue weighted by atomic mass is 9.93. The van der Waals surface area contributed by atoms with E-state index in [1.54, 1.807) is 12.1 Å². The van der Waals surface area contributed by atoms with E-state index in [4.69, 9.17) is 5.73 Å². The van der Waals surface area contributed by atoms with Crippen LogP contribution in [0.1, 0.15) is 28.3 Å². The Morgan fingerprint density at radius 1 is 1.11 bits per heavy atom. The molecule has 2 aromatic carbocycles. The summed E-state index contributed by atoms with van der Waals surface area (Å²) < 4.78 is 14.5. The minimum absolute atomic E-state index is 0.263. The van der Waals surface area contributed by atoms with Crippen molar-refractivity contribution in [3.05, 3.63) is 68.9 Å². The van der Waals surface area contributed by atoms with Gasteiger partial charge in [-0.15, -0.1) is 0 Å². The fourth-order valence-electron chi connectivity index (χ4n) is 2.31. The highest BCUT2D eigenvalue weighted by molar-refractivity contribution is 9.10. The van der Waals surface area contributed by atoms with Gasteiger partial charge < -0.3 is 5.73 Å². The average molecular weight is 322 g/mol. The molecule has 0 aliphatic carbocycles. The molecule has 0 fully saturated rings. The van der Waals surface area contributed by atoms with E-state index < -0.39 is 0 Å². The highest BCUT2D eigenvalue weighted by Crippen LogP contribution is 2.26. The Bertz CT molecular complexity index is 575. The minimum atomic E-state index is -0.336. The van der Waals surface area contributed by atoms with Crippen molar-refractivity contribution < 1.29 is 4.39 Å². The lowest BCUT2D eigenvalue weighted by Gasteiger charge is -2.17. The SMILES string of the molecule is Cc1cccc(C)c1CC(N)c1cccc(Br)c1F. The van der Waals surface area contributed by atoms with Crippen LogP contribution in [0.5, 0.6) is 0 Å². The van der Waals surface area contributed by atoms with Crippen molar-refractivity contribution >= 4 is 15.9 Å². The molecule has 19 heavy (non-hydrogen) atoms. The van der Waals surface area contributed by atoms with Gasteiger partial charge in [0.05, 0.1) is 4.47 Å². The van der Waals surface area contributed by atoms with Gasteiger partial charge in [0.2, 0.25) is 0 Å². The lowest BCUT2D eigenvalue weighted by Crippen LogP contribution is -2.16. The van der Waals surface area contributed by atoms with Gasteiger partial charge in [-0.25, -0.2) is 4.39 Å². The summed E-state index contributed by atoms with van der Waals surface area (Å²) in [6.45, 7) is 4.12.